The summed E-state index contributed by atoms with van der Waals surface area (Å²) in [5, 5.41) is 8.77. The lowest BCUT2D eigenvalue weighted by molar-refractivity contribution is 0.0930. The minimum atomic E-state index is -1.06. The summed E-state index contributed by atoms with van der Waals surface area (Å²) in [6, 6.07) is 4.64. The van der Waals surface area contributed by atoms with Crippen molar-refractivity contribution in [1.82, 2.24) is 0 Å². The van der Waals surface area contributed by atoms with Crippen LogP contribution >= 0.6 is 0 Å². The van der Waals surface area contributed by atoms with Gasteiger partial charge in [0, 0.05) is 6.07 Å². The number of rotatable bonds is 2. The second-order valence-corrected chi connectivity index (χ2v) is 3.65. The molecule has 0 heterocycles. The SMILES string of the molecule is N#CC1(C(=O)c2ccc(F)cc2F)CC1. The van der Waals surface area contributed by atoms with Crippen molar-refractivity contribution >= 4 is 5.78 Å². The van der Waals surface area contributed by atoms with Crippen LogP contribution in [-0.4, -0.2) is 5.78 Å². The van der Waals surface area contributed by atoms with Gasteiger partial charge in [0.25, 0.3) is 0 Å². The van der Waals surface area contributed by atoms with Crippen molar-refractivity contribution in [1.29, 1.82) is 5.26 Å². The smallest absolute Gasteiger partial charge is 0.185 e. The molecule has 1 fully saturated rings. The van der Waals surface area contributed by atoms with E-state index in [4.69, 9.17) is 5.26 Å². The van der Waals surface area contributed by atoms with E-state index in [0.717, 1.165) is 12.1 Å². The van der Waals surface area contributed by atoms with Gasteiger partial charge in [-0.3, -0.25) is 4.79 Å². The van der Waals surface area contributed by atoms with E-state index < -0.39 is 22.8 Å². The maximum absolute atomic E-state index is 13.2. The second-order valence-electron chi connectivity index (χ2n) is 3.65. The van der Waals surface area contributed by atoms with Gasteiger partial charge in [-0.2, -0.15) is 5.26 Å². The quantitative estimate of drug-likeness (QED) is 0.699. The number of nitriles is 1. The van der Waals surface area contributed by atoms with Gasteiger partial charge in [0.05, 0.1) is 11.6 Å². The third-order valence-electron chi connectivity index (χ3n) is 2.57. The Hall–Kier alpha value is -1.76. The first-order valence-corrected chi connectivity index (χ1v) is 4.50. The standard InChI is InChI=1S/C11H7F2NO/c12-7-1-2-8(9(13)5-7)10(15)11(6-14)3-4-11/h1-2,5H,3-4H2. The normalized spacial score (nSPS) is 16.9. The van der Waals surface area contributed by atoms with Crippen LogP contribution in [0.15, 0.2) is 18.2 Å². The number of carbonyl (C=O) groups excluding carboxylic acids is 1. The monoisotopic (exact) mass is 207 g/mol. The van der Waals surface area contributed by atoms with Crippen LogP contribution < -0.4 is 0 Å². The Morgan fingerprint density at radius 1 is 1.40 bits per heavy atom. The molecule has 0 amide bonds. The first-order chi connectivity index (χ1) is 7.09. The van der Waals surface area contributed by atoms with Crippen LogP contribution in [0.1, 0.15) is 23.2 Å². The van der Waals surface area contributed by atoms with Gasteiger partial charge < -0.3 is 0 Å². The molecule has 0 N–H and O–H groups in total. The fraction of sp³-hybridized carbons (Fsp3) is 0.273. The maximum atomic E-state index is 13.2. The van der Waals surface area contributed by atoms with Gasteiger partial charge >= 0.3 is 0 Å². The molecule has 1 saturated carbocycles. The van der Waals surface area contributed by atoms with E-state index in [1.54, 1.807) is 0 Å². The number of benzene rings is 1. The van der Waals surface area contributed by atoms with Crippen LogP contribution in [0.25, 0.3) is 0 Å². The van der Waals surface area contributed by atoms with Gasteiger partial charge in [0.15, 0.2) is 5.78 Å². The second kappa shape index (κ2) is 3.13. The molecular formula is C11H7F2NO. The van der Waals surface area contributed by atoms with Crippen LogP contribution in [0, 0.1) is 28.4 Å². The molecule has 0 spiro atoms. The molecule has 0 unspecified atom stereocenters. The van der Waals surface area contributed by atoms with E-state index >= 15 is 0 Å². The summed E-state index contributed by atoms with van der Waals surface area (Å²) in [6.07, 6.45) is 0.915. The zero-order valence-electron chi connectivity index (χ0n) is 7.76. The fourth-order valence-corrected chi connectivity index (χ4v) is 1.45. The largest absolute Gasteiger partial charge is 0.292 e. The van der Waals surface area contributed by atoms with Crippen molar-refractivity contribution in [3.05, 3.63) is 35.4 Å². The third-order valence-corrected chi connectivity index (χ3v) is 2.57. The molecule has 1 aliphatic carbocycles. The van der Waals surface area contributed by atoms with E-state index in [9.17, 15) is 13.6 Å². The van der Waals surface area contributed by atoms with Crippen molar-refractivity contribution in [2.75, 3.05) is 0 Å². The van der Waals surface area contributed by atoms with Gasteiger partial charge in [0.1, 0.15) is 17.0 Å². The number of halogens is 2. The summed E-state index contributed by atoms with van der Waals surface area (Å²) in [5.74, 6) is -2.17. The number of hydrogen-bond acceptors (Lipinski definition) is 2. The highest BCUT2D eigenvalue weighted by Gasteiger charge is 2.51. The summed E-state index contributed by atoms with van der Waals surface area (Å²) in [5.41, 5.74) is -1.26. The van der Waals surface area contributed by atoms with E-state index in [1.165, 1.54) is 0 Å². The number of nitrogens with zero attached hydrogens (tertiary/aromatic N) is 1. The zero-order valence-corrected chi connectivity index (χ0v) is 7.76. The predicted octanol–water partition coefficient (Wildman–Crippen LogP) is 2.45. The molecule has 2 nitrogen and oxygen atoms in total. The van der Waals surface area contributed by atoms with Crippen LogP contribution in [0.5, 0.6) is 0 Å². The topological polar surface area (TPSA) is 40.9 Å². The van der Waals surface area contributed by atoms with E-state index in [0.29, 0.717) is 18.9 Å². The molecule has 0 saturated heterocycles. The molecule has 0 bridgehead atoms. The summed E-state index contributed by atoms with van der Waals surface area (Å²) in [6.45, 7) is 0. The third kappa shape index (κ3) is 1.50. The molecule has 0 atom stereocenters. The molecule has 1 aliphatic rings. The summed E-state index contributed by atoms with van der Waals surface area (Å²) < 4.78 is 25.8. The highest BCUT2D eigenvalue weighted by Crippen LogP contribution is 2.47. The highest BCUT2D eigenvalue weighted by atomic mass is 19.1. The molecule has 0 radical (unpaired) electrons. The van der Waals surface area contributed by atoms with E-state index in [2.05, 4.69) is 0 Å². The lowest BCUT2D eigenvalue weighted by atomic mass is 9.96. The molecule has 0 aliphatic heterocycles. The van der Waals surface area contributed by atoms with Gasteiger partial charge in [0.2, 0.25) is 0 Å². The summed E-state index contributed by atoms with van der Waals surface area (Å²) in [4.78, 5) is 11.7. The number of Topliss-reactive ketones (excluding diaryl/α,β-unsaturated/α-hetero) is 1. The molecule has 4 heteroatoms. The Morgan fingerprint density at radius 2 is 2.07 bits per heavy atom. The molecular weight excluding hydrogens is 200 g/mol. The Balaban J connectivity index is 2.39. The van der Waals surface area contributed by atoms with Gasteiger partial charge in [-0.15, -0.1) is 0 Å². The zero-order chi connectivity index (χ0) is 11.1. The fourth-order valence-electron chi connectivity index (χ4n) is 1.45. The van der Waals surface area contributed by atoms with Gasteiger partial charge in [-0.05, 0) is 25.0 Å². The first kappa shape index (κ1) is 9.78. The first-order valence-electron chi connectivity index (χ1n) is 4.50. The van der Waals surface area contributed by atoms with E-state index in [1.807, 2.05) is 6.07 Å². The Morgan fingerprint density at radius 3 is 2.53 bits per heavy atom. The lowest BCUT2D eigenvalue weighted by Crippen LogP contribution is -2.15. The van der Waals surface area contributed by atoms with Crippen LogP contribution in [0.4, 0.5) is 8.78 Å². The van der Waals surface area contributed by atoms with Crippen molar-refractivity contribution in [3.8, 4) is 6.07 Å². The van der Waals surface area contributed by atoms with Crippen molar-refractivity contribution in [2.24, 2.45) is 5.41 Å². The number of hydrogen-bond donors (Lipinski definition) is 0. The van der Waals surface area contributed by atoms with Crippen molar-refractivity contribution < 1.29 is 13.6 Å². The Kier molecular flexibility index (Phi) is 2.04. The highest BCUT2D eigenvalue weighted by molar-refractivity contribution is 6.04. The average molecular weight is 207 g/mol. The summed E-state index contributed by atoms with van der Waals surface area (Å²) in [7, 11) is 0. The lowest BCUT2D eigenvalue weighted by Gasteiger charge is -2.05. The minimum Gasteiger partial charge on any atom is -0.292 e. The molecule has 1 aromatic rings. The van der Waals surface area contributed by atoms with Gasteiger partial charge in [-0.1, -0.05) is 0 Å². The molecule has 0 aromatic heterocycles. The molecule has 2 rings (SSSR count). The minimum absolute atomic E-state index is 0.199. The molecule has 1 aromatic carbocycles. The number of carbonyl (C=O) groups is 1. The van der Waals surface area contributed by atoms with Gasteiger partial charge in [-0.25, -0.2) is 8.78 Å². The molecule has 76 valence electrons. The van der Waals surface area contributed by atoms with Crippen molar-refractivity contribution in [3.63, 3.8) is 0 Å². The van der Waals surface area contributed by atoms with Crippen LogP contribution in [0.2, 0.25) is 0 Å². The van der Waals surface area contributed by atoms with Crippen LogP contribution in [0.3, 0.4) is 0 Å². The number of ketones is 1. The predicted molar refractivity (Wildman–Crippen MR) is 48.0 cm³/mol. The van der Waals surface area contributed by atoms with Crippen molar-refractivity contribution in [2.45, 2.75) is 12.8 Å². The van der Waals surface area contributed by atoms with Crippen LogP contribution in [-0.2, 0) is 0 Å². The van der Waals surface area contributed by atoms with E-state index in [-0.39, 0.29) is 5.56 Å². The summed E-state index contributed by atoms with van der Waals surface area (Å²) >= 11 is 0. The maximum Gasteiger partial charge on any atom is 0.185 e. The Bertz CT molecular complexity index is 472. The Labute approximate surface area is 85.1 Å². The molecule has 15 heavy (non-hydrogen) atoms. The average Bonchev–Trinajstić information content (AvgIpc) is 2.97.